The van der Waals surface area contributed by atoms with Gasteiger partial charge in [0.05, 0.1) is 17.4 Å². The number of carbonyl (C=O) groups excluding carboxylic acids is 1. The Balaban J connectivity index is 1.73. The molecule has 1 aliphatic rings. The molecule has 24 heavy (non-hydrogen) atoms. The molecule has 0 spiro atoms. The number of amides is 1. The van der Waals surface area contributed by atoms with Crippen molar-refractivity contribution >= 4 is 11.6 Å². The molecule has 0 radical (unpaired) electrons. The van der Waals surface area contributed by atoms with Crippen molar-refractivity contribution < 1.29 is 9.53 Å². The molecule has 0 bridgehead atoms. The Labute approximate surface area is 140 Å². The first-order valence-corrected chi connectivity index (χ1v) is 7.91. The first-order chi connectivity index (χ1) is 11.6. The fourth-order valence-electron chi connectivity index (χ4n) is 3.04. The number of anilines is 1. The van der Waals surface area contributed by atoms with Crippen molar-refractivity contribution in [1.29, 1.82) is 0 Å². The summed E-state index contributed by atoms with van der Waals surface area (Å²) in [6.07, 6.45) is 5.58. The summed E-state index contributed by atoms with van der Waals surface area (Å²) in [5, 5.41) is 6.81. The fourth-order valence-corrected chi connectivity index (χ4v) is 3.04. The highest BCUT2D eigenvalue weighted by Crippen LogP contribution is 2.29. The number of carbonyl (C=O) groups is 1. The number of H-pyrrole nitrogens is 1. The van der Waals surface area contributed by atoms with Gasteiger partial charge < -0.3 is 14.5 Å². The minimum atomic E-state index is -0.0913. The molecule has 0 aromatic carbocycles. The van der Waals surface area contributed by atoms with E-state index >= 15 is 0 Å². The number of aromatic amines is 1. The van der Waals surface area contributed by atoms with Gasteiger partial charge in [0.15, 0.2) is 0 Å². The van der Waals surface area contributed by atoms with Crippen LogP contribution in [0.1, 0.15) is 28.5 Å². The first-order valence-electron chi connectivity index (χ1n) is 7.91. The highest BCUT2D eigenvalue weighted by atomic mass is 16.5. The van der Waals surface area contributed by atoms with Crippen LogP contribution in [0.4, 0.5) is 5.69 Å². The summed E-state index contributed by atoms with van der Waals surface area (Å²) in [5.74, 6) is 0.872. The number of likely N-dealkylation sites (N-methyl/N-ethyl adjacent to an activating group) is 1. The average molecular weight is 330 g/mol. The van der Waals surface area contributed by atoms with E-state index in [1.54, 1.807) is 24.3 Å². The van der Waals surface area contributed by atoms with Crippen LogP contribution in [0.15, 0.2) is 24.8 Å². The molecule has 2 atom stereocenters. The molecule has 1 fully saturated rings. The van der Waals surface area contributed by atoms with Crippen LogP contribution >= 0.6 is 0 Å². The molecule has 3 heterocycles. The minimum absolute atomic E-state index is 0.0707. The van der Waals surface area contributed by atoms with Crippen LogP contribution in [-0.2, 0) is 4.74 Å². The smallest absolute Gasteiger partial charge is 0.257 e. The number of ether oxygens (including phenoxy) is 1. The van der Waals surface area contributed by atoms with E-state index in [1.807, 2.05) is 25.1 Å². The standard InChI is InChI=1S/C16H22N6O2/c1-21(2)13-4-6-17-8-12(13)16(23)22(3)9-14-11(5-7-24-14)15-18-10-19-20-15/h4,6,8,10-11,14H,5,7,9H2,1-3H3,(H,18,19,20)/t11-,14-/m1/s1. The van der Waals surface area contributed by atoms with Crippen LogP contribution in [0.2, 0.25) is 0 Å². The molecule has 8 heteroatoms. The number of rotatable bonds is 5. The van der Waals surface area contributed by atoms with Gasteiger partial charge in [-0.15, -0.1) is 0 Å². The van der Waals surface area contributed by atoms with Gasteiger partial charge in [0.25, 0.3) is 5.91 Å². The number of hydrogen-bond acceptors (Lipinski definition) is 6. The molecular formula is C16H22N6O2. The number of nitrogens with one attached hydrogen (secondary N) is 1. The van der Waals surface area contributed by atoms with Gasteiger partial charge in [0.1, 0.15) is 12.2 Å². The molecule has 8 nitrogen and oxygen atoms in total. The molecule has 0 unspecified atom stereocenters. The Bertz CT molecular complexity index is 688. The van der Waals surface area contributed by atoms with Crippen LogP contribution in [0, 0.1) is 0 Å². The van der Waals surface area contributed by atoms with Crippen molar-refractivity contribution in [1.82, 2.24) is 25.1 Å². The van der Waals surface area contributed by atoms with Gasteiger partial charge in [0.2, 0.25) is 0 Å². The monoisotopic (exact) mass is 330 g/mol. The Morgan fingerprint density at radius 3 is 2.96 bits per heavy atom. The lowest BCUT2D eigenvalue weighted by molar-refractivity contribution is 0.0550. The second-order valence-electron chi connectivity index (χ2n) is 6.15. The van der Waals surface area contributed by atoms with Gasteiger partial charge in [-0.1, -0.05) is 0 Å². The quantitative estimate of drug-likeness (QED) is 0.877. The molecule has 1 amide bonds. The van der Waals surface area contributed by atoms with E-state index in [9.17, 15) is 4.79 Å². The van der Waals surface area contributed by atoms with Crippen molar-refractivity contribution in [3.8, 4) is 0 Å². The van der Waals surface area contributed by atoms with Gasteiger partial charge in [-0.05, 0) is 12.5 Å². The number of hydrogen-bond donors (Lipinski definition) is 1. The maximum Gasteiger partial charge on any atom is 0.257 e. The predicted molar refractivity (Wildman–Crippen MR) is 89.0 cm³/mol. The maximum absolute atomic E-state index is 12.8. The molecule has 2 aromatic heterocycles. The summed E-state index contributed by atoms with van der Waals surface area (Å²) in [7, 11) is 5.60. The summed E-state index contributed by atoms with van der Waals surface area (Å²) < 4.78 is 5.82. The molecule has 2 aromatic rings. The Hall–Kier alpha value is -2.48. The molecule has 3 rings (SSSR count). The molecule has 1 N–H and O–H groups in total. The summed E-state index contributed by atoms with van der Waals surface area (Å²) in [4.78, 5) is 24.7. The zero-order chi connectivity index (χ0) is 17.1. The topological polar surface area (TPSA) is 87.2 Å². The van der Waals surface area contributed by atoms with Crippen molar-refractivity contribution in [2.75, 3.05) is 39.2 Å². The van der Waals surface area contributed by atoms with Gasteiger partial charge in [-0.3, -0.25) is 14.9 Å². The lowest BCUT2D eigenvalue weighted by atomic mass is 10.0. The van der Waals surface area contributed by atoms with Crippen LogP contribution in [0.3, 0.4) is 0 Å². The minimum Gasteiger partial charge on any atom is -0.377 e. The average Bonchev–Trinajstić information content (AvgIpc) is 3.25. The van der Waals surface area contributed by atoms with Crippen LogP contribution in [0.25, 0.3) is 0 Å². The normalized spacial score (nSPS) is 20.1. The third kappa shape index (κ3) is 3.23. The van der Waals surface area contributed by atoms with Gasteiger partial charge >= 0.3 is 0 Å². The van der Waals surface area contributed by atoms with Crippen LogP contribution in [0.5, 0.6) is 0 Å². The van der Waals surface area contributed by atoms with E-state index in [4.69, 9.17) is 4.74 Å². The van der Waals surface area contributed by atoms with Crippen LogP contribution < -0.4 is 4.90 Å². The van der Waals surface area contributed by atoms with Gasteiger partial charge in [0, 0.05) is 52.6 Å². The first kappa shape index (κ1) is 16.4. The zero-order valence-electron chi connectivity index (χ0n) is 14.1. The molecule has 1 saturated heterocycles. The lowest BCUT2D eigenvalue weighted by Crippen LogP contribution is -2.37. The fraction of sp³-hybridized carbons (Fsp3) is 0.500. The second kappa shape index (κ2) is 6.96. The van der Waals surface area contributed by atoms with E-state index < -0.39 is 0 Å². The molecular weight excluding hydrogens is 308 g/mol. The van der Waals surface area contributed by atoms with E-state index in [0.29, 0.717) is 18.7 Å². The highest BCUT2D eigenvalue weighted by Gasteiger charge is 2.33. The van der Waals surface area contributed by atoms with Gasteiger partial charge in [-0.2, -0.15) is 5.10 Å². The molecule has 0 aliphatic carbocycles. The van der Waals surface area contributed by atoms with Crippen molar-refractivity contribution in [3.63, 3.8) is 0 Å². The Morgan fingerprint density at radius 1 is 1.42 bits per heavy atom. The Kier molecular flexibility index (Phi) is 4.75. The largest absolute Gasteiger partial charge is 0.377 e. The SMILES string of the molecule is CN(C[C@H]1OCC[C@H]1c1ncn[nH]1)C(=O)c1cnccc1N(C)C. The number of aromatic nitrogens is 4. The van der Waals surface area contributed by atoms with E-state index in [0.717, 1.165) is 17.9 Å². The van der Waals surface area contributed by atoms with E-state index in [2.05, 4.69) is 20.2 Å². The molecule has 128 valence electrons. The van der Waals surface area contributed by atoms with E-state index in [1.165, 1.54) is 6.33 Å². The maximum atomic E-state index is 12.8. The number of nitrogens with zero attached hydrogens (tertiary/aromatic N) is 5. The van der Waals surface area contributed by atoms with E-state index in [-0.39, 0.29) is 17.9 Å². The van der Waals surface area contributed by atoms with Crippen molar-refractivity contribution in [3.05, 3.63) is 36.2 Å². The molecule has 0 saturated carbocycles. The van der Waals surface area contributed by atoms with Crippen molar-refractivity contribution in [2.45, 2.75) is 18.4 Å². The predicted octanol–water partition coefficient (Wildman–Crippen LogP) is 0.910. The summed E-state index contributed by atoms with van der Waals surface area (Å²) in [6.45, 7) is 1.15. The Morgan fingerprint density at radius 2 is 2.25 bits per heavy atom. The van der Waals surface area contributed by atoms with Gasteiger partial charge in [-0.25, -0.2) is 4.98 Å². The zero-order valence-corrected chi connectivity index (χ0v) is 14.1. The molecule has 1 aliphatic heterocycles. The lowest BCUT2D eigenvalue weighted by Gasteiger charge is -2.25. The summed E-state index contributed by atoms with van der Waals surface area (Å²) in [5.41, 5.74) is 1.43. The van der Waals surface area contributed by atoms with Crippen LogP contribution in [-0.4, -0.2) is 71.4 Å². The third-order valence-electron chi connectivity index (χ3n) is 4.31. The summed E-state index contributed by atoms with van der Waals surface area (Å²) in [6, 6.07) is 1.84. The third-order valence-corrected chi connectivity index (χ3v) is 4.31. The second-order valence-corrected chi connectivity index (χ2v) is 6.15. The van der Waals surface area contributed by atoms with Crippen molar-refractivity contribution in [2.24, 2.45) is 0 Å². The number of pyridine rings is 1. The highest BCUT2D eigenvalue weighted by molar-refractivity contribution is 5.99. The summed E-state index contributed by atoms with van der Waals surface area (Å²) >= 11 is 0.